The Morgan fingerprint density at radius 3 is 2.56 bits per heavy atom. The van der Waals surface area contributed by atoms with Crippen molar-refractivity contribution in [3.8, 4) is 11.4 Å². The van der Waals surface area contributed by atoms with Crippen LogP contribution in [0.25, 0.3) is 11.4 Å². The zero-order valence-corrected chi connectivity index (χ0v) is 11.3. The normalized spacial score (nSPS) is 10.7. The number of aryl methyl sites for hydroxylation is 2. The van der Waals surface area contributed by atoms with Gasteiger partial charge in [-0.2, -0.15) is 0 Å². The summed E-state index contributed by atoms with van der Waals surface area (Å²) in [6, 6.07) is 4.57. The third kappa shape index (κ3) is 2.36. The second-order valence-corrected chi connectivity index (χ2v) is 4.57. The van der Waals surface area contributed by atoms with Gasteiger partial charge in [0.15, 0.2) is 5.82 Å². The van der Waals surface area contributed by atoms with Crippen molar-refractivity contribution in [3.63, 3.8) is 0 Å². The van der Waals surface area contributed by atoms with Crippen LogP contribution in [0.2, 0.25) is 5.15 Å². The minimum Gasteiger partial charge on any atom is -0.233 e. The summed E-state index contributed by atoms with van der Waals surface area (Å²) in [5, 5.41) is 0.448. The molecule has 0 aliphatic heterocycles. The predicted octanol–water partition coefficient (Wildman–Crippen LogP) is 4.12. The summed E-state index contributed by atoms with van der Waals surface area (Å²) in [6.07, 6.45) is 0.785. The quantitative estimate of drug-likeness (QED) is 0.763. The molecule has 1 heterocycles. The first-order valence-corrected chi connectivity index (χ1v) is 6.20. The molecule has 0 aliphatic rings. The molecule has 1 aromatic heterocycles. The lowest BCUT2D eigenvalue weighted by atomic mass is 10.1. The van der Waals surface area contributed by atoms with Crippen LogP contribution in [0.5, 0.6) is 0 Å². The lowest BCUT2D eigenvalue weighted by Gasteiger charge is -2.09. The zero-order chi connectivity index (χ0) is 13.3. The van der Waals surface area contributed by atoms with Gasteiger partial charge in [-0.05, 0) is 38.0 Å². The van der Waals surface area contributed by atoms with Crippen molar-refractivity contribution in [2.45, 2.75) is 27.2 Å². The third-order valence-corrected chi connectivity index (χ3v) is 3.27. The van der Waals surface area contributed by atoms with Gasteiger partial charge in [0.25, 0.3) is 0 Å². The van der Waals surface area contributed by atoms with Gasteiger partial charge in [0.05, 0.1) is 0 Å². The van der Waals surface area contributed by atoms with E-state index in [1.165, 1.54) is 12.1 Å². The summed E-state index contributed by atoms with van der Waals surface area (Å²) >= 11 is 6.13. The first kappa shape index (κ1) is 13.0. The molecule has 18 heavy (non-hydrogen) atoms. The molecule has 0 saturated heterocycles. The minimum atomic E-state index is -0.299. The third-order valence-electron chi connectivity index (χ3n) is 2.96. The van der Waals surface area contributed by atoms with Crippen molar-refractivity contribution in [1.82, 2.24) is 9.97 Å². The fourth-order valence-corrected chi connectivity index (χ4v) is 2.27. The molecule has 2 nitrogen and oxygen atoms in total. The van der Waals surface area contributed by atoms with E-state index in [2.05, 4.69) is 9.97 Å². The highest BCUT2D eigenvalue weighted by Gasteiger charge is 2.12. The smallest absolute Gasteiger partial charge is 0.161 e. The molecule has 0 fully saturated rings. The van der Waals surface area contributed by atoms with E-state index in [4.69, 9.17) is 11.6 Å². The SMILES string of the molecule is CCc1c(C)nc(-c2cc(F)ccc2C)nc1Cl. The van der Waals surface area contributed by atoms with Gasteiger partial charge in [0.2, 0.25) is 0 Å². The second kappa shape index (κ2) is 5.02. The Balaban J connectivity index is 2.61. The number of halogens is 2. The monoisotopic (exact) mass is 264 g/mol. The van der Waals surface area contributed by atoms with Gasteiger partial charge in [0.1, 0.15) is 11.0 Å². The van der Waals surface area contributed by atoms with Crippen LogP contribution in [-0.2, 0) is 6.42 Å². The van der Waals surface area contributed by atoms with Gasteiger partial charge in [-0.15, -0.1) is 0 Å². The van der Waals surface area contributed by atoms with E-state index < -0.39 is 0 Å². The van der Waals surface area contributed by atoms with Crippen molar-refractivity contribution in [1.29, 1.82) is 0 Å². The summed E-state index contributed by atoms with van der Waals surface area (Å²) in [7, 11) is 0. The molecule has 0 atom stereocenters. The maximum atomic E-state index is 13.3. The van der Waals surface area contributed by atoms with Crippen molar-refractivity contribution >= 4 is 11.6 Å². The molecule has 0 saturated carbocycles. The molecule has 0 radical (unpaired) electrons. The minimum absolute atomic E-state index is 0.299. The molecule has 1 aromatic carbocycles. The molecule has 0 amide bonds. The molecule has 0 aliphatic carbocycles. The number of aromatic nitrogens is 2. The summed E-state index contributed by atoms with van der Waals surface area (Å²) in [4.78, 5) is 8.68. The Morgan fingerprint density at radius 1 is 1.22 bits per heavy atom. The van der Waals surface area contributed by atoms with Gasteiger partial charge in [-0.25, -0.2) is 14.4 Å². The van der Waals surface area contributed by atoms with E-state index in [1.807, 2.05) is 20.8 Å². The molecule has 4 heteroatoms. The Hall–Kier alpha value is -1.48. The van der Waals surface area contributed by atoms with Crippen LogP contribution in [0, 0.1) is 19.7 Å². The highest BCUT2D eigenvalue weighted by Crippen LogP contribution is 2.25. The molecule has 0 bridgehead atoms. The van der Waals surface area contributed by atoms with Crippen LogP contribution in [0.3, 0.4) is 0 Å². The van der Waals surface area contributed by atoms with Crippen molar-refractivity contribution in [3.05, 3.63) is 46.0 Å². The van der Waals surface area contributed by atoms with E-state index in [0.29, 0.717) is 16.5 Å². The predicted molar refractivity (Wildman–Crippen MR) is 71.3 cm³/mol. The van der Waals surface area contributed by atoms with Crippen molar-refractivity contribution in [2.24, 2.45) is 0 Å². The fraction of sp³-hybridized carbons (Fsp3) is 0.286. The number of hydrogen-bond acceptors (Lipinski definition) is 2. The Kier molecular flexibility index (Phi) is 3.62. The van der Waals surface area contributed by atoms with Crippen LogP contribution in [0.4, 0.5) is 4.39 Å². The average Bonchev–Trinajstić information content (AvgIpc) is 2.32. The van der Waals surface area contributed by atoms with E-state index in [1.54, 1.807) is 6.07 Å². The highest BCUT2D eigenvalue weighted by atomic mass is 35.5. The van der Waals surface area contributed by atoms with Crippen LogP contribution < -0.4 is 0 Å². The maximum absolute atomic E-state index is 13.3. The van der Waals surface area contributed by atoms with Gasteiger partial charge in [-0.3, -0.25) is 0 Å². The largest absolute Gasteiger partial charge is 0.233 e. The topological polar surface area (TPSA) is 25.8 Å². The van der Waals surface area contributed by atoms with Crippen LogP contribution in [0.1, 0.15) is 23.7 Å². The summed E-state index contributed by atoms with van der Waals surface area (Å²) in [5.74, 6) is 0.180. The van der Waals surface area contributed by atoms with E-state index in [0.717, 1.165) is 23.2 Å². The molecule has 2 rings (SSSR count). The summed E-state index contributed by atoms with van der Waals surface area (Å²) in [6.45, 7) is 5.80. The van der Waals surface area contributed by atoms with Crippen molar-refractivity contribution in [2.75, 3.05) is 0 Å². The lowest BCUT2D eigenvalue weighted by molar-refractivity contribution is 0.627. The standard InChI is InChI=1S/C14H14ClFN2/c1-4-11-9(3)17-14(18-13(11)15)12-7-10(16)6-5-8(12)2/h5-7H,4H2,1-3H3. The summed E-state index contributed by atoms with van der Waals surface area (Å²) in [5.41, 5.74) is 3.39. The first-order chi connectivity index (χ1) is 8.52. The Labute approximate surface area is 111 Å². The number of rotatable bonds is 2. The van der Waals surface area contributed by atoms with Crippen LogP contribution in [0.15, 0.2) is 18.2 Å². The molecule has 0 unspecified atom stereocenters. The van der Waals surface area contributed by atoms with Gasteiger partial charge >= 0.3 is 0 Å². The fourth-order valence-electron chi connectivity index (χ4n) is 1.92. The van der Waals surface area contributed by atoms with E-state index in [-0.39, 0.29) is 5.82 Å². The molecule has 2 aromatic rings. The molecule has 94 valence electrons. The lowest BCUT2D eigenvalue weighted by Crippen LogP contribution is -2.00. The number of nitrogens with zero attached hydrogens (tertiary/aromatic N) is 2. The average molecular weight is 265 g/mol. The molecule has 0 spiro atoms. The molecular weight excluding hydrogens is 251 g/mol. The van der Waals surface area contributed by atoms with Gasteiger partial charge < -0.3 is 0 Å². The highest BCUT2D eigenvalue weighted by molar-refractivity contribution is 6.30. The Bertz CT molecular complexity index is 573. The molecule has 0 N–H and O–H groups in total. The van der Waals surface area contributed by atoms with Crippen molar-refractivity contribution < 1.29 is 4.39 Å². The number of hydrogen-bond donors (Lipinski definition) is 0. The maximum Gasteiger partial charge on any atom is 0.161 e. The second-order valence-electron chi connectivity index (χ2n) is 4.21. The van der Waals surface area contributed by atoms with Crippen LogP contribution >= 0.6 is 11.6 Å². The van der Waals surface area contributed by atoms with Gasteiger partial charge in [0, 0.05) is 16.8 Å². The van der Waals surface area contributed by atoms with E-state index in [9.17, 15) is 4.39 Å². The van der Waals surface area contributed by atoms with Gasteiger partial charge in [-0.1, -0.05) is 24.6 Å². The van der Waals surface area contributed by atoms with E-state index >= 15 is 0 Å². The number of benzene rings is 1. The molecular formula is C14H14ClFN2. The van der Waals surface area contributed by atoms with Crippen LogP contribution in [-0.4, -0.2) is 9.97 Å². The zero-order valence-electron chi connectivity index (χ0n) is 10.6. The summed E-state index contributed by atoms with van der Waals surface area (Å²) < 4.78 is 13.3. The first-order valence-electron chi connectivity index (χ1n) is 5.82. The Morgan fingerprint density at radius 2 is 1.94 bits per heavy atom.